The molecule has 0 N–H and O–H groups in total. The number of carbonyl (C=O) groups is 1. The Kier molecular flexibility index (Phi) is 8.18. The summed E-state index contributed by atoms with van der Waals surface area (Å²) in [7, 11) is 8.74. The van der Waals surface area contributed by atoms with Gasteiger partial charge in [0, 0.05) is 6.92 Å². The molecular formula is C26H40N2O+2. The maximum atomic E-state index is 11.5. The van der Waals surface area contributed by atoms with Gasteiger partial charge in [0.05, 0.1) is 34.7 Å². The van der Waals surface area contributed by atoms with E-state index in [4.69, 9.17) is 0 Å². The summed E-state index contributed by atoms with van der Waals surface area (Å²) in [6.07, 6.45) is 5.86. The highest BCUT2D eigenvalue weighted by Crippen LogP contribution is 2.22. The zero-order valence-corrected chi connectivity index (χ0v) is 19.4. The van der Waals surface area contributed by atoms with E-state index in [1.54, 1.807) is 6.92 Å². The fourth-order valence-corrected chi connectivity index (χ4v) is 4.13. The monoisotopic (exact) mass is 396 g/mol. The summed E-state index contributed by atoms with van der Waals surface area (Å²) in [6.45, 7) is 5.61. The fraction of sp³-hybridized carbons (Fsp3) is 0.500. The van der Waals surface area contributed by atoms with Crippen molar-refractivity contribution in [1.82, 2.24) is 8.97 Å². The Morgan fingerprint density at radius 3 is 1.52 bits per heavy atom. The van der Waals surface area contributed by atoms with Crippen LogP contribution in [0.1, 0.15) is 44.2 Å². The molecule has 2 aromatic carbocycles. The molecule has 0 radical (unpaired) electrons. The molecule has 0 unspecified atom stereocenters. The molecule has 0 saturated heterocycles. The molecule has 158 valence electrons. The second kappa shape index (κ2) is 10.2. The largest absolute Gasteiger partial charge is 0.296 e. The highest BCUT2D eigenvalue weighted by Gasteiger charge is 2.20. The normalized spacial score (nSPS) is 12.2. The van der Waals surface area contributed by atoms with Crippen molar-refractivity contribution in [2.45, 2.75) is 46.0 Å². The third kappa shape index (κ3) is 7.09. The van der Waals surface area contributed by atoms with Gasteiger partial charge in [-0.15, -0.1) is 0 Å². The van der Waals surface area contributed by atoms with Crippen molar-refractivity contribution >= 4 is 17.2 Å². The Hall–Kier alpha value is -1.97. The van der Waals surface area contributed by atoms with Gasteiger partial charge in [-0.2, -0.15) is 0 Å². The Balaban J connectivity index is 1.81. The first-order valence-electron chi connectivity index (χ1n) is 11.0. The average Bonchev–Trinajstić information content (AvgIpc) is 2.65. The van der Waals surface area contributed by atoms with Crippen molar-refractivity contribution in [2.75, 3.05) is 41.3 Å². The van der Waals surface area contributed by atoms with Gasteiger partial charge in [-0.3, -0.25) is 13.8 Å². The summed E-state index contributed by atoms with van der Waals surface area (Å²) in [4.78, 5) is 11.5. The zero-order chi connectivity index (χ0) is 21.5. The number of likely N-dealkylation sites (N-methyl/N-ethyl adjacent to an activating group) is 1. The minimum atomic E-state index is 0.222. The molecule has 2 aromatic rings. The van der Waals surface area contributed by atoms with Crippen molar-refractivity contribution in [3.05, 3.63) is 59.7 Å². The summed E-state index contributed by atoms with van der Waals surface area (Å²) in [5.74, 6) is 0.222. The fourth-order valence-electron chi connectivity index (χ4n) is 4.13. The SMILES string of the molecule is CCC[N+](C)(C)c1ccc(CCCCc2ccc([N+](C)(C)CC(C)=O)cc2)cc1. The van der Waals surface area contributed by atoms with Gasteiger partial charge in [-0.1, -0.05) is 31.2 Å². The lowest BCUT2D eigenvalue weighted by molar-refractivity contribution is -0.117. The summed E-state index contributed by atoms with van der Waals surface area (Å²) in [5, 5.41) is 0. The van der Waals surface area contributed by atoms with E-state index in [1.807, 2.05) is 0 Å². The van der Waals surface area contributed by atoms with E-state index >= 15 is 0 Å². The Bertz CT molecular complexity index is 773. The van der Waals surface area contributed by atoms with Gasteiger partial charge in [0.25, 0.3) is 0 Å². The third-order valence-electron chi connectivity index (χ3n) is 5.85. The van der Waals surface area contributed by atoms with Crippen LogP contribution in [0.3, 0.4) is 0 Å². The lowest BCUT2D eigenvalue weighted by Gasteiger charge is -2.29. The van der Waals surface area contributed by atoms with Crippen LogP contribution in [0.2, 0.25) is 0 Å². The van der Waals surface area contributed by atoms with E-state index < -0.39 is 0 Å². The van der Waals surface area contributed by atoms with Gasteiger partial charge < -0.3 is 0 Å². The molecule has 0 aliphatic heterocycles. The maximum Gasteiger partial charge on any atom is 0.184 e. The number of aryl methyl sites for hydroxylation is 2. The maximum absolute atomic E-state index is 11.5. The molecule has 0 amide bonds. The van der Waals surface area contributed by atoms with Crippen molar-refractivity contribution in [3.63, 3.8) is 0 Å². The molecule has 0 aromatic heterocycles. The first-order valence-corrected chi connectivity index (χ1v) is 11.0. The van der Waals surface area contributed by atoms with Crippen molar-refractivity contribution < 1.29 is 4.79 Å². The Morgan fingerprint density at radius 2 is 1.14 bits per heavy atom. The van der Waals surface area contributed by atoms with Crippen LogP contribution in [-0.4, -0.2) is 47.1 Å². The van der Waals surface area contributed by atoms with Gasteiger partial charge in [-0.25, -0.2) is 0 Å². The molecule has 0 fully saturated rings. The molecule has 0 spiro atoms. The number of nitrogens with zero attached hydrogens (tertiary/aromatic N) is 2. The van der Waals surface area contributed by atoms with Crippen LogP contribution in [0.5, 0.6) is 0 Å². The van der Waals surface area contributed by atoms with Gasteiger partial charge in [0.15, 0.2) is 5.78 Å². The summed E-state index contributed by atoms with van der Waals surface area (Å²) < 4.78 is 1.56. The number of Topliss-reactive ketones (excluding diaryl/α,β-unsaturated/α-hetero) is 1. The number of rotatable bonds is 11. The second-order valence-corrected chi connectivity index (χ2v) is 9.49. The average molecular weight is 397 g/mol. The van der Waals surface area contributed by atoms with Crippen LogP contribution in [0.25, 0.3) is 0 Å². The zero-order valence-electron chi connectivity index (χ0n) is 19.4. The van der Waals surface area contributed by atoms with E-state index in [-0.39, 0.29) is 5.78 Å². The van der Waals surface area contributed by atoms with Gasteiger partial charge in [0.2, 0.25) is 0 Å². The highest BCUT2D eigenvalue weighted by atomic mass is 16.1. The van der Waals surface area contributed by atoms with Crippen LogP contribution in [0, 0.1) is 0 Å². The lowest BCUT2D eigenvalue weighted by Crippen LogP contribution is -2.44. The Morgan fingerprint density at radius 1 is 0.724 bits per heavy atom. The van der Waals surface area contributed by atoms with Crippen molar-refractivity contribution in [2.24, 2.45) is 0 Å². The van der Waals surface area contributed by atoms with Crippen LogP contribution in [-0.2, 0) is 17.6 Å². The van der Waals surface area contributed by atoms with Crippen LogP contribution in [0.15, 0.2) is 48.5 Å². The number of hydrogen-bond acceptors (Lipinski definition) is 1. The molecule has 3 nitrogen and oxygen atoms in total. The third-order valence-corrected chi connectivity index (χ3v) is 5.85. The van der Waals surface area contributed by atoms with E-state index in [0.717, 1.165) is 17.3 Å². The molecule has 0 bridgehead atoms. The van der Waals surface area contributed by atoms with E-state index in [9.17, 15) is 4.79 Å². The minimum absolute atomic E-state index is 0.222. The second-order valence-electron chi connectivity index (χ2n) is 9.49. The molecule has 2 rings (SSSR count). The van der Waals surface area contributed by atoms with Crippen LogP contribution < -0.4 is 8.97 Å². The van der Waals surface area contributed by atoms with E-state index in [2.05, 4.69) is 83.6 Å². The first-order chi connectivity index (χ1) is 13.6. The number of benzene rings is 2. The molecule has 0 saturated carbocycles. The van der Waals surface area contributed by atoms with E-state index in [0.29, 0.717) is 11.0 Å². The summed E-state index contributed by atoms with van der Waals surface area (Å²) >= 11 is 0. The van der Waals surface area contributed by atoms with Crippen LogP contribution in [0.4, 0.5) is 11.4 Å². The van der Waals surface area contributed by atoms with Gasteiger partial charge >= 0.3 is 0 Å². The smallest absolute Gasteiger partial charge is 0.184 e. The predicted molar refractivity (Wildman–Crippen MR) is 128 cm³/mol. The van der Waals surface area contributed by atoms with E-state index in [1.165, 1.54) is 48.3 Å². The Labute approximate surface area is 178 Å². The number of ketones is 1. The van der Waals surface area contributed by atoms with Gasteiger partial charge in [0.1, 0.15) is 17.9 Å². The minimum Gasteiger partial charge on any atom is -0.296 e. The molecule has 29 heavy (non-hydrogen) atoms. The molecule has 3 heteroatoms. The predicted octanol–water partition coefficient (Wildman–Crippen LogP) is 5.38. The number of hydrogen-bond donors (Lipinski definition) is 0. The number of quaternary nitrogens is 2. The molecule has 0 aliphatic carbocycles. The number of carbonyl (C=O) groups excluding carboxylic acids is 1. The molecular weight excluding hydrogens is 356 g/mol. The lowest BCUT2D eigenvalue weighted by atomic mass is 10.0. The van der Waals surface area contributed by atoms with Crippen molar-refractivity contribution in [3.8, 4) is 0 Å². The van der Waals surface area contributed by atoms with Crippen LogP contribution >= 0.6 is 0 Å². The van der Waals surface area contributed by atoms with Crippen molar-refractivity contribution in [1.29, 1.82) is 0 Å². The highest BCUT2D eigenvalue weighted by molar-refractivity contribution is 5.79. The molecule has 0 atom stereocenters. The molecule has 0 heterocycles. The van der Waals surface area contributed by atoms with Gasteiger partial charge in [-0.05, 0) is 67.5 Å². The standard InChI is InChI=1S/C26H40N2O/c1-7-20-27(3,4)25-16-12-23(13-17-25)10-8-9-11-24-14-18-26(19-15-24)28(5,6)21-22(2)29/h12-19H,7-11,20-21H2,1-6H3/q+2. The first kappa shape index (κ1) is 23.3. The number of unbranched alkanes of at least 4 members (excludes halogenated alkanes) is 1. The quantitative estimate of drug-likeness (QED) is 0.368. The summed E-state index contributed by atoms with van der Waals surface area (Å²) in [5.41, 5.74) is 5.39. The summed E-state index contributed by atoms with van der Waals surface area (Å²) in [6, 6.07) is 18.0. The topological polar surface area (TPSA) is 17.1 Å². The molecule has 0 aliphatic rings.